The van der Waals surface area contributed by atoms with Gasteiger partial charge in [-0.2, -0.15) is 4.31 Å². The minimum Gasteiger partial charge on any atom is -0.312 e. The zero-order valence-electron chi connectivity index (χ0n) is 11.8. The van der Waals surface area contributed by atoms with Crippen LogP contribution in [0.4, 0.5) is 0 Å². The molecule has 21 heavy (non-hydrogen) atoms. The molecule has 0 aliphatic rings. The van der Waals surface area contributed by atoms with Crippen LogP contribution >= 0.6 is 38.6 Å². The van der Waals surface area contributed by atoms with E-state index in [2.05, 4.69) is 21.2 Å². The molecule has 2 rings (SSSR count). The molecule has 2 heterocycles. The Labute approximate surface area is 142 Å². The lowest BCUT2D eigenvalue weighted by atomic mass is 10.4. The van der Waals surface area contributed by atoms with Crippen molar-refractivity contribution >= 4 is 48.6 Å². The van der Waals surface area contributed by atoms with Crippen LogP contribution in [0.1, 0.15) is 16.7 Å². The van der Waals surface area contributed by atoms with E-state index in [9.17, 15) is 8.42 Å². The first-order valence-electron chi connectivity index (χ1n) is 6.42. The molecule has 8 heteroatoms. The van der Waals surface area contributed by atoms with Crippen LogP contribution in [0.3, 0.4) is 0 Å². The molecule has 0 unspecified atom stereocenters. The van der Waals surface area contributed by atoms with Crippen LogP contribution in [0.5, 0.6) is 0 Å². The maximum absolute atomic E-state index is 12.5. The third-order valence-electron chi connectivity index (χ3n) is 2.85. The maximum atomic E-state index is 12.5. The molecule has 0 amide bonds. The Hall–Kier alpha value is -0.250. The van der Waals surface area contributed by atoms with Crippen molar-refractivity contribution in [3.8, 4) is 0 Å². The summed E-state index contributed by atoms with van der Waals surface area (Å²) in [5.41, 5.74) is 0. The lowest BCUT2D eigenvalue weighted by molar-refractivity contribution is 0.471. The number of hydrogen-bond acceptors (Lipinski definition) is 5. The van der Waals surface area contributed by atoms with E-state index in [-0.39, 0.29) is 0 Å². The summed E-state index contributed by atoms with van der Waals surface area (Å²) in [7, 11) is -1.80. The summed E-state index contributed by atoms with van der Waals surface area (Å²) < 4.78 is 27.9. The number of nitrogens with zero attached hydrogens (tertiary/aromatic N) is 1. The van der Waals surface area contributed by atoms with E-state index in [1.165, 1.54) is 15.6 Å². The van der Waals surface area contributed by atoms with Crippen molar-refractivity contribution in [3.63, 3.8) is 0 Å². The van der Waals surface area contributed by atoms with Crippen LogP contribution in [0.2, 0.25) is 0 Å². The van der Waals surface area contributed by atoms with Gasteiger partial charge in [-0.15, -0.1) is 22.7 Å². The number of halogens is 1. The Morgan fingerprint density at radius 2 is 2.10 bits per heavy atom. The number of hydrogen-bond donors (Lipinski definition) is 1. The molecule has 0 fully saturated rings. The van der Waals surface area contributed by atoms with E-state index < -0.39 is 10.0 Å². The molecule has 0 saturated heterocycles. The van der Waals surface area contributed by atoms with Crippen molar-refractivity contribution in [1.82, 2.24) is 9.62 Å². The van der Waals surface area contributed by atoms with Gasteiger partial charge in [0.2, 0.25) is 0 Å². The Kier molecular flexibility index (Phi) is 5.98. The Bertz CT molecular complexity index is 694. The SMILES string of the molecule is CCNCc1ccc(S(=O)(=O)N(C)Cc2cc(Br)cs2)s1. The lowest BCUT2D eigenvalue weighted by Crippen LogP contribution is -2.25. The van der Waals surface area contributed by atoms with E-state index in [4.69, 9.17) is 0 Å². The molecule has 0 aliphatic heterocycles. The van der Waals surface area contributed by atoms with Gasteiger partial charge in [0.15, 0.2) is 0 Å². The normalized spacial score (nSPS) is 12.2. The number of rotatable bonds is 7. The molecule has 116 valence electrons. The molecular weight excluding hydrogens is 392 g/mol. The Balaban J connectivity index is 2.11. The minimum absolute atomic E-state index is 0.388. The van der Waals surface area contributed by atoms with Crippen molar-refractivity contribution in [2.24, 2.45) is 0 Å². The predicted octanol–water partition coefficient (Wildman–Crippen LogP) is 3.50. The molecule has 0 spiro atoms. The first kappa shape index (κ1) is 17.1. The van der Waals surface area contributed by atoms with Gasteiger partial charge >= 0.3 is 0 Å². The smallest absolute Gasteiger partial charge is 0.252 e. The zero-order chi connectivity index (χ0) is 15.5. The van der Waals surface area contributed by atoms with E-state index in [1.807, 2.05) is 24.4 Å². The molecule has 0 saturated carbocycles. The fraction of sp³-hybridized carbons (Fsp3) is 0.385. The van der Waals surface area contributed by atoms with Gasteiger partial charge in [-0.05, 0) is 40.7 Å². The Morgan fingerprint density at radius 3 is 2.71 bits per heavy atom. The second-order valence-electron chi connectivity index (χ2n) is 4.49. The summed E-state index contributed by atoms with van der Waals surface area (Å²) >= 11 is 6.25. The Morgan fingerprint density at radius 1 is 1.33 bits per heavy atom. The van der Waals surface area contributed by atoms with Gasteiger partial charge in [0.25, 0.3) is 10.0 Å². The molecule has 0 aromatic carbocycles. The van der Waals surface area contributed by atoms with Crippen LogP contribution in [0.25, 0.3) is 0 Å². The minimum atomic E-state index is -3.42. The van der Waals surface area contributed by atoms with E-state index >= 15 is 0 Å². The maximum Gasteiger partial charge on any atom is 0.252 e. The average Bonchev–Trinajstić information content (AvgIpc) is 3.06. The second-order valence-corrected chi connectivity index (χ2v) is 9.84. The first-order valence-corrected chi connectivity index (χ1v) is 10.3. The summed E-state index contributed by atoms with van der Waals surface area (Å²) in [6.07, 6.45) is 0. The predicted molar refractivity (Wildman–Crippen MR) is 92.4 cm³/mol. The quantitative estimate of drug-likeness (QED) is 0.762. The molecule has 2 aromatic rings. The fourth-order valence-corrected chi connectivity index (χ4v) is 6.01. The average molecular weight is 409 g/mol. The van der Waals surface area contributed by atoms with E-state index in [0.29, 0.717) is 17.3 Å². The molecule has 0 bridgehead atoms. The van der Waals surface area contributed by atoms with Crippen molar-refractivity contribution in [1.29, 1.82) is 0 Å². The highest BCUT2D eigenvalue weighted by atomic mass is 79.9. The topological polar surface area (TPSA) is 49.4 Å². The second kappa shape index (κ2) is 7.34. The number of sulfonamides is 1. The third-order valence-corrected chi connectivity index (χ3v) is 7.89. The molecule has 2 aromatic heterocycles. The van der Waals surface area contributed by atoms with Gasteiger partial charge in [-0.25, -0.2) is 8.42 Å². The molecule has 0 atom stereocenters. The molecular formula is C13H17BrN2O2S3. The monoisotopic (exact) mass is 408 g/mol. The van der Waals surface area contributed by atoms with Crippen LogP contribution in [0.15, 0.2) is 32.3 Å². The highest BCUT2D eigenvalue weighted by molar-refractivity contribution is 9.10. The molecule has 0 aliphatic carbocycles. The molecule has 4 nitrogen and oxygen atoms in total. The number of thiophene rings is 2. The van der Waals surface area contributed by atoms with Crippen LogP contribution in [-0.4, -0.2) is 26.3 Å². The molecule has 1 N–H and O–H groups in total. The van der Waals surface area contributed by atoms with Gasteiger partial charge in [-0.1, -0.05) is 6.92 Å². The zero-order valence-corrected chi connectivity index (χ0v) is 15.8. The van der Waals surface area contributed by atoms with Gasteiger partial charge in [0, 0.05) is 39.7 Å². The van der Waals surface area contributed by atoms with Crippen molar-refractivity contribution in [2.45, 2.75) is 24.2 Å². The van der Waals surface area contributed by atoms with Gasteiger partial charge in [0.1, 0.15) is 4.21 Å². The van der Waals surface area contributed by atoms with E-state index in [0.717, 1.165) is 20.8 Å². The van der Waals surface area contributed by atoms with Crippen molar-refractivity contribution in [3.05, 3.63) is 37.8 Å². The van der Waals surface area contributed by atoms with Gasteiger partial charge in [-0.3, -0.25) is 0 Å². The summed E-state index contributed by atoms with van der Waals surface area (Å²) in [6, 6.07) is 5.50. The summed E-state index contributed by atoms with van der Waals surface area (Å²) in [6.45, 7) is 3.99. The van der Waals surface area contributed by atoms with Gasteiger partial charge in [0.05, 0.1) is 0 Å². The lowest BCUT2D eigenvalue weighted by Gasteiger charge is -2.14. The van der Waals surface area contributed by atoms with E-state index in [1.54, 1.807) is 24.5 Å². The van der Waals surface area contributed by atoms with Crippen molar-refractivity contribution in [2.75, 3.05) is 13.6 Å². The first-order chi connectivity index (χ1) is 9.93. The molecule has 0 radical (unpaired) electrons. The third kappa shape index (κ3) is 4.37. The summed E-state index contributed by atoms with van der Waals surface area (Å²) in [5.74, 6) is 0. The largest absolute Gasteiger partial charge is 0.312 e. The number of nitrogens with one attached hydrogen (secondary N) is 1. The highest BCUT2D eigenvalue weighted by Gasteiger charge is 2.23. The van der Waals surface area contributed by atoms with Crippen LogP contribution in [0, 0.1) is 0 Å². The van der Waals surface area contributed by atoms with Crippen molar-refractivity contribution < 1.29 is 8.42 Å². The fourth-order valence-electron chi connectivity index (χ4n) is 1.73. The summed E-state index contributed by atoms with van der Waals surface area (Å²) in [5, 5.41) is 5.15. The summed E-state index contributed by atoms with van der Waals surface area (Å²) in [4.78, 5) is 2.04. The standard InChI is InChI=1S/C13H17BrN2O2S3/c1-3-15-7-11-4-5-13(20-11)21(17,18)16(2)8-12-6-10(14)9-19-12/h4-6,9,15H,3,7-8H2,1-2H3. The highest BCUT2D eigenvalue weighted by Crippen LogP contribution is 2.27. The van der Waals surface area contributed by atoms with Gasteiger partial charge < -0.3 is 5.32 Å². The van der Waals surface area contributed by atoms with Crippen LogP contribution in [-0.2, 0) is 23.1 Å². The van der Waals surface area contributed by atoms with Crippen LogP contribution < -0.4 is 5.32 Å².